The van der Waals surface area contributed by atoms with Gasteiger partial charge in [0.25, 0.3) is 0 Å². The van der Waals surface area contributed by atoms with Gasteiger partial charge in [-0.1, -0.05) is 6.92 Å². The highest BCUT2D eigenvalue weighted by Crippen LogP contribution is 2.30. The van der Waals surface area contributed by atoms with Gasteiger partial charge >= 0.3 is 0 Å². The maximum Gasteiger partial charge on any atom is 0.130 e. The summed E-state index contributed by atoms with van der Waals surface area (Å²) in [5.74, 6) is 5.10. The normalized spacial score (nSPS) is 12.6. The summed E-state index contributed by atoms with van der Waals surface area (Å²) in [4.78, 5) is 4.52. The van der Waals surface area contributed by atoms with Crippen LogP contribution in [0.15, 0.2) is 12.1 Å². The van der Waals surface area contributed by atoms with Crippen LogP contribution in [0.2, 0.25) is 0 Å². The van der Waals surface area contributed by atoms with E-state index in [0.29, 0.717) is 11.3 Å². The SMILES string of the molecule is COc1cc(C)cc(F)c1C(C)CON. The highest BCUT2D eigenvalue weighted by atomic mass is 19.1. The molecular formula is C11H16FNO2. The highest BCUT2D eigenvalue weighted by molar-refractivity contribution is 5.40. The Labute approximate surface area is 88.9 Å². The second kappa shape index (κ2) is 5.09. The van der Waals surface area contributed by atoms with Crippen molar-refractivity contribution in [3.05, 3.63) is 29.1 Å². The molecule has 0 spiro atoms. The molecule has 0 aliphatic carbocycles. The summed E-state index contributed by atoms with van der Waals surface area (Å²) in [7, 11) is 1.52. The molecule has 1 rings (SSSR count). The second-order valence-electron chi connectivity index (χ2n) is 3.60. The largest absolute Gasteiger partial charge is 0.496 e. The Balaban J connectivity index is 3.14. The van der Waals surface area contributed by atoms with Crippen molar-refractivity contribution in [3.8, 4) is 5.75 Å². The van der Waals surface area contributed by atoms with Gasteiger partial charge in [-0.15, -0.1) is 0 Å². The first kappa shape index (κ1) is 11.9. The molecule has 1 aromatic carbocycles. The molecule has 0 aromatic heterocycles. The third kappa shape index (κ3) is 2.67. The van der Waals surface area contributed by atoms with E-state index in [-0.39, 0.29) is 18.3 Å². The zero-order valence-corrected chi connectivity index (χ0v) is 9.21. The standard InChI is InChI=1S/C11H16FNO2/c1-7-4-9(12)11(8(2)6-15-13)10(5-7)14-3/h4-5,8H,6,13H2,1-3H3. The van der Waals surface area contributed by atoms with Crippen LogP contribution < -0.4 is 10.6 Å². The fourth-order valence-corrected chi connectivity index (χ4v) is 1.60. The number of benzene rings is 1. The molecule has 0 saturated carbocycles. The number of rotatable bonds is 4. The van der Waals surface area contributed by atoms with E-state index < -0.39 is 0 Å². The van der Waals surface area contributed by atoms with Crippen molar-refractivity contribution in [2.75, 3.05) is 13.7 Å². The van der Waals surface area contributed by atoms with Gasteiger partial charge in [0.15, 0.2) is 0 Å². The molecule has 0 heterocycles. The molecule has 0 bridgehead atoms. The van der Waals surface area contributed by atoms with Gasteiger partial charge in [-0.3, -0.25) is 0 Å². The van der Waals surface area contributed by atoms with Gasteiger partial charge in [0.05, 0.1) is 13.7 Å². The molecular weight excluding hydrogens is 197 g/mol. The minimum Gasteiger partial charge on any atom is -0.496 e. The Hall–Kier alpha value is -1.13. The van der Waals surface area contributed by atoms with E-state index in [1.807, 2.05) is 13.8 Å². The van der Waals surface area contributed by atoms with E-state index in [4.69, 9.17) is 10.6 Å². The van der Waals surface area contributed by atoms with Crippen LogP contribution in [0.5, 0.6) is 5.75 Å². The van der Waals surface area contributed by atoms with Crippen LogP contribution in [0.3, 0.4) is 0 Å². The summed E-state index contributed by atoms with van der Waals surface area (Å²) in [5.41, 5.74) is 1.34. The molecule has 0 fully saturated rings. The summed E-state index contributed by atoms with van der Waals surface area (Å²) >= 11 is 0. The summed E-state index contributed by atoms with van der Waals surface area (Å²) in [5, 5.41) is 0. The zero-order valence-electron chi connectivity index (χ0n) is 9.21. The van der Waals surface area contributed by atoms with Crippen molar-refractivity contribution >= 4 is 0 Å². The van der Waals surface area contributed by atoms with Gasteiger partial charge in [0.1, 0.15) is 11.6 Å². The molecule has 4 heteroatoms. The molecule has 84 valence electrons. The van der Waals surface area contributed by atoms with Gasteiger partial charge in [-0.05, 0) is 24.6 Å². The number of nitrogens with two attached hydrogens (primary N) is 1. The molecule has 0 radical (unpaired) electrons. The van der Waals surface area contributed by atoms with Crippen molar-refractivity contribution < 1.29 is 14.0 Å². The lowest BCUT2D eigenvalue weighted by Gasteiger charge is -2.16. The number of hydrogen-bond donors (Lipinski definition) is 1. The molecule has 0 aliphatic heterocycles. The lowest BCUT2D eigenvalue weighted by molar-refractivity contribution is 0.125. The van der Waals surface area contributed by atoms with Gasteiger partial charge in [-0.2, -0.15) is 0 Å². The Kier molecular flexibility index (Phi) is 4.05. The maximum atomic E-state index is 13.7. The van der Waals surface area contributed by atoms with Crippen LogP contribution in [-0.4, -0.2) is 13.7 Å². The monoisotopic (exact) mass is 213 g/mol. The topological polar surface area (TPSA) is 44.5 Å². The number of hydrogen-bond acceptors (Lipinski definition) is 3. The van der Waals surface area contributed by atoms with E-state index in [1.54, 1.807) is 6.07 Å². The summed E-state index contributed by atoms with van der Waals surface area (Å²) in [6.45, 7) is 3.92. The van der Waals surface area contributed by atoms with Crippen molar-refractivity contribution in [2.24, 2.45) is 5.90 Å². The predicted octanol–water partition coefficient (Wildman–Crippen LogP) is 2.14. The molecule has 1 atom stereocenters. The fourth-order valence-electron chi connectivity index (χ4n) is 1.60. The summed E-state index contributed by atoms with van der Waals surface area (Å²) < 4.78 is 18.8. The van der Waals surface area contributed by atoms with E-state index in [0.717, 1.165) is 5.56 Å². The Bertz CT molecular complexity index is 342. The third-order valence-corrected chi connectivity index (χ3v) is 2.29. The lowest BCUT2D eigenvalue weighted by Crippen LogP contribution is -2.11. The molecule has 0 amide bonds. The maximum absolute atomic E-state index is 13.7. The van der Waals surface area contributed by atoms with E-state index in [9.17, 15) is 4.39 Å². The summed E-state index contributed by atoms with van der Waals surface area (Å²) in [6.07, 6.45) is 0. The van der Waals surface area contributed by atoms with Gasteiger partial charge in [-0.25, -0.2) is 10.3 Å². The number of methoxy groups -OCH3 is 1. The van der Waals surface area contributed by atoms with Gasteiger partial charge in [0, 0.05) is 11.5 Å². The van der Waals surface area contributed by atoms with Gasteiger partial charge in [0.2, 0.25) is 0 Å². The van der Waals surface area contributed by atoms with Crippen LogP contribution >= 0.6 is 0 Å². The average molecular weight is 213 g/mol. The summed E-state index contributed by atoms with van der Waals surface area (Å²) in [6, 6.07) is 3.27. The van der Waals surface area contributed by atoms with Crippen LogP contribution in [0.1, 0.15) is 24.0 Å². The van der Waals surface area contributed by atoms with E-state index >= 15 is 0 Å². The molecule has 1 unspecified atom stereocenters. The first-order chi connectivity index (χ1) is 7.10. The molecule has 3 nitrogen and oxygen atoms in total. The Morgan fingerprint density at radius 1 is 1.47 bits per heavy atom. The lowest BCUT2D eigenvalue weighted by atomic mass is 9.99. The number of halogens is 1. The van der Waals surface area contributed by atoms with Crippen molar-refractivity contribution in [1.29, 1.82) is 0 Å². The van der Waals surface area contributed by atoms with Crippen molar-refractivity contribution in [3.63, 3.8) is 0 Å². The highest BCUT2D eigenvalue weighted by Gasteiger charge is 2.17. The predicted molar refractivity (Wildman–Crippen MR) is 56.2 cm³/mol. The quantitative estimate of drug-likeness (QED) is 0.779. The van der Waals surface area contributed by atoms with Crippen molar-refractivity contribution in [1.82, 2.24) is 0 Å². The molecule has 0 saturated heterocycles. The molecule has 1 aromatic rings. The van der Waals surface area contributed by atoms with Crippen LogP contribution in [0.4, 0.5) is 4.39 Å². The smallest absolute Gasteiger partial charge is 0.130 e. The first-order valence-corrected chi connectivity index (χ1v) is 4.75. The third-order valence-electron chi connectivity index (χ3n) is 2.29. The minimum absolute atomic E-state index is 0.134. The Morgan fingerprint density at radius 3 is 2.67 bits per heavy atom. The van der Waals surface area contributed by atoms with Crippen LogP contribution in [0, 0.1) is 12.7 Å². The van der Waals surface area contributed by atoms with Crippen LogP contribution in [0.25, 0.3) is 0 Å². The number of ether oxygens (including phenoxy) is 1. The fraction of sp³-hybridized carbons (Fsp3) is 0.455. The van der Waals surface area contributed by atoms with Crippen molar-refractivity contribution in [2.45, 2.75) is 19.8 Å². The number of aryl methyl sites for hydroxylation is 1. The minimum atomic E-state index is -0.281. The van der Waals surface area contributed by atoms with E-state index in [1.165, 1.54) is 13.2 Å². The second-order valence-corrected chi connectivity index (χ2v) is 3.60. The molecule has 2 N–H and O–H groups in total. The van der Waals surface area contributed by atoms with E-state index in [2.05, 4.69) is 4.84 Å². The average Bonchev–Trinajstić information content (AvgIpc) is 2.16. The molecule has 0 aliphatic rings. The van der Waals surface area contributed by atoms with Crippen LogP contribution in [-0.2, 0) is 4.84 Å². The zero-order chi connectivity index (χ0) is 11.4. The first-order valence-electron chi connectivity index (χ1n) is 4.75. The Morgan fingerprint density at radius 2 is 2.13 bits per heavy atom. The van der Waals surface area contributed by atoms with Gasteiger partial charge < -0.3 is 9.57 Å². The molecule has 15 heavy (non-hydrogen) atoms.